The van der Waals surface area contributed by atoms with Crippen LogP contribution in [0.5, 0.6) is 0 Å². The molecule has 0 unspecified atom stereocenters. The summed E-state index contributed by atoms with van der Waals surface area (Å²) in [6, 6.07) is 0. The maximum absolute atomic E-state index is 11.0. The fourth-order valence-electron chi connectivity index (χ4n) is 2.47. The Labute approximate surface area is 77.8 Å². The molecule has 2 heteroatoms. The molecule has 1 saturated carbocycles. The van der Waals surface area contributed by atoms with Crippen LogP contribution in [0.3, 0.4) is 0 Å². The number of carbonyl (C=O) groups excluding carboxylic acids is 1. The number of hydrogen-bond acceptors (Lipinski definition) is 1. The zero-order valence-electron chi connectivity index (χ0n) is 7.43. The van der Waals surface area contributed by atoms with Gasteiger partial charge >= 0.3 is 0 Å². The molecule has 0 radical (unpaired) electrons. The van der Waals surface area contributed by atoms with Gasteiger partial charge in [0.25, 0.3) is 0 Å². The lowest BCUT2D eigenvalue weighted by Gasteiger charge is -2.14. The molecule has 3 atom stereocenters. The molecule has 2 aliphatic rings. The lowest BCUT2D eigenvalue weighted by Crippen LogP contribution is -2.05. The number of allylic oxidation sites excluding steroid dienone is 2. The third kappa shape index (κ3) is 0.957. The van der Waals surface area contributed by atoms with E-state index in [1.807, 2.05) is 0 Å². The number of halogens is 1. The highest BCUT2D eigenvalue weighted by Crippen LogP contribution is 2.65. The number of carbonyl (C=O) groups is 1. The SMILES string of the molecule is CC1=C[C@H]2[C@H](C(=O)Cl)[C@@]2(C)CC1. The normalized spacial score (nSPS) is 44.8. The second-order valence-corrected chi connectivity index (χ2v) is 4.70. The van der Waals surface area contributed by atoms with Crippen molar-refractivity contribution in [1.29, 1.82) is 0 Å². The average Bonchev–Trinajstić information content (AvgIpc) is 2.55. The van der Waals surface area contributed by atoms with Crippen LogP contribution in [0.1, 0.15) is 26.7 Å². The monoisotopic (exact) mass is 184 g/mol. The molecule has 2 aliphatic carbocycles. The molecule has 1 nitrogen and oxygen atoms in total. The molecule has 0 spiro atoms. The zero-order valence-corrected chi connectivity index (χ0v) is 8.19. The van der Waals surface area contributed by atoms with E-state index in [0.717, 1.165) is 12.8 Å². The van der Waals surface area contributed by atoms with Crippen molar-refractivity contribution in [3.63, 3.8) is 0 Å². The van der Waals surface area contributed by atoms with Crippen molar-refractivity contribution in [3.8, 4) is 0 Å². The molecule has 0 heterocycles. The molecular formula is C10H13ClO. The summed E-state index contributed by atoms with van der Waals surface area (Å²) in [6.07, 6.45) is 4.49. The highest BCUT2D eigenvalue weighted by molar-refractivity contribution is 6.64. The number of hydrogen-bond donors (Lipinski definition) is 0. The topological polar surface area (TPSA) is 17.1 Å². The van der Waals surface area contributed by atoms with Crippen molar-refractivity contribution < 1.29 is 4.79 Å². The summed E-state index contributed by atoms with van der Waals surface area (Å²) >= 11 is 5.52. The first-order chi connectivity index (χ1) is 5.55. The second kappa shape index (κ2) is 2.35. The summed E-state index contributed by atoms with van der Waals surface area (Å²) in [7, 11) is 0. The first-order valence-corrected chi connectivity index (χ1v) is 4.80. The Morgan fingerprint density at radius 2 is 2.42 bits per heavy atom. The molecule has 0 bridgehead atoms. The van der Waals surface area contributed by atoms with Gasteiger partial charge in [0, 0.05) is 5.92 Å². The maximum Gasteiger partial charge on any atom is 0.225 e. The van der Waals surface area contributed by atoms with Crippen molar-refractivity contribution in [2.75, 3.05) is 0 Å². The summed E-state index contributed by atoms with van der Waals surface area (Å²) in [6.45, 7) is 4.30. The molecule has 0 aromatic carbocycles. The molecule has 12 heavy (non-hydrogen) atoms. The minimum Gasteiger partial charge on any atom is -0.281 e. The van der Waals surface area contributed by atoms with Crippen LogP contribution in [0.2, 0.25) is 0 Å². The summed E-state index contributed by atoms with van der Waals surface area (Å²) in [4.78, 5) is 11.0. The van der Waals surface area contributed by atoms with Crippen LogP contribution in [0.15, 0.2) is 11.6 Å². The molecule has 1 fully saturated rings. The third-order valence-electron chi connectivity index (χ3n) is 3.49. The third-order valence-corrected chi connectivity index (χ3v) is 3.72. The smallest absolute Gasteiger partial charge is 0.225 e. The summed E-state index contributed by atoms with van der Waals surface area (Å²) in [5.41, 5.74) is 1.62. The van der Waals surface area contributed by atoms with Crippen molar-refractivity contribution in [3.05, 3.63) is 11.6 Å². The minimum absolute atomic E-state index is 0.108. The van der Waals surface area contributed by atoms with Crippen LogP contribution in [0, 0.1) is 17.3 Å². The van der Waals surface area contributed by atoms with E-state index in [4.69, 9.17) is 11.6 Å². The first-order valence-electron chi connectivity index (χ1n) is 4.42. The molecule has 0 aromatic rings. The molecule has 0 amide bonds. The fraction of sp³-hybridized carbons (Fsp3) is 0.700. The van der Waals surface area contributed by atoms with Crippen molar-refractivity contribution in [2.45, 2.75) is 26.7 Å². The van der Waals surface area contributed by atoms with Crippen molar-refractivity contribution in [1.82, 2.24) is 0 Å². The van der Waals surface area contributed by atoms with E-state index in [-0.39, 0.29) is 16.6 Å². The molecule has 0 saturated heterocycles. The Hall–Kier alpha value is -0.300. The predicted molar refractivity (Wildman–Crippen MR) is 48.9 cm³/mol. The van der Waals surface area contributed by atoms with E-state index in [9.17, 15) is 4.79 Å². The van der Waals surface area contributed by atoms with Gasteiger partial charge in [-0.3, -0.25) is 4.79 Å². The number of fused-ring (bicyclic) bond motifs is 1. The van der Waals surface area contributed by atoms with Crippen molar-refractivity contribution >= 4 is 16.8 Å². The van der Waals surface area contributed by atoms with Crippen molar-refractivity contribution in [2.24, 2.45) is 17.3 Å². The average molecular weight is 185 g/mol. The predicted octanol–water partition coefficient (Wildman–Crippen LogP) is 2.74. The zero-order chi connectivity index (χ0) is 8.93. The van der Waals surface area contributed by atoms with Gasteiger partial charge in [-0.2, -0.15) is 0 Å². The van der Waals surface area contributed by atoms with E-state index < -0.39 is 0 Å². The van der Waals surface area contributed by atoms with Crippen LogP contribution in [-0.2, 0) is 4.79 Å². The first kappa shape index (κ1) is 8.31. The largest absolute Gasteiger partial charge is 0.281 e. The number of rotatable bonds is 1. The molecule has 0 aliphatic heterocycles. The fourth-order valence-corrected chi connectivity index (χ4v) is 2.85. The van der Waals surface area contributed by atoms with Crippen LogP contribution in [-0.4, -0.2) is 5.24 Å². The lowest BCUT2D eigenvalue weighted by atomic mass is 9.90. The van der Waals surface area contributed by atoms with E-state index in [0.29, 0.717) is 5.92 Å². The maximum atomic E-state index is 11.0. The van der Waals surface area contributed by atoms with E-state index >= 15 is 0 Å². The van der Waals surface area contributed by atoms with Gasteiger partial charge in [-0.1, -0.05) is 18.6 Å². The van der Waals surface area contributed by atoms with E-state index in [1.165, 1.54) is 5.57 Å². The molecule has 0 aromatic heterocycles. The highest BCUT2D eigenvalue weighted by atomic mass is 35.5. The van der Waals surface area contributed by atoms with E-state index in [2.05, 4.69) is 19.9 Å². The van der Waals surface area contributed by atoms with Crippen LogP contribution in [0.25, 0.3) is 0 Å². The van der Waals surface area contributed by atoms with E-state index in [1.54, 1.807) is 0 Å². The summed E-state index contributed by atoms with van der Waals surface area (Å²) < 4.78 is 0. The van der Waals surface area contributed by atoms with Crippen LogP contribution in [0.4, 0.5) is 0 Å². The molecular weight excluding hydrogens is 172 g/mol. The molecule has 2 rings (SSSR count). The summed E-state index contributed by atoms with van der Waals surface area (Å²) in [5, 5.41) is -0.145. The highest BCUT2D eigenvalue weighted by Gasteiger charge is 2.63. The Bertz CT molecular complexity index is 269. The quantitative estimate of drug-likeness (QED) is 0.453. The van der Waals surface area contributed by atoms with Gasteiger partial charge in [0.1, 0.15) is 0 Å². The Kier molecular flexibility index (Phi) is 1.63. The summed E-state index contributed by atoms with van der Waals surface area (Å²) in [5.74, 6) is 0.549. The minimum atomic E-state index is -0.145. The molecule has 66 valence electrons. The van der Waals surface area contributed by atoms with Gasteiger partial charge in [-0.15, -0.1) is 0 Å². The Balaban J connectivity index is 2.23. The van der Waals surface area contributed by atoms with Gasteiger partial charge in [-0.25, -0.2) is 0 Å². The van der Waals surface area contributed by atoms with Gasteiger partial charge in [-0.05, 0) is 42.7 Å². The Morgan fingerprint density at radius 1 is 1.75 bits per heavy atom. The van der Waals surface area contributed by atoms with Gasteiger partial charge in [0.05, 0.1) is 0 Å². The standard InChI is InChI=1S/C10H13ClO/c1-6-3-4-10(2)7(5-6)8(10)9(11)12/h5,7-8H,3-4H2,1-2H3/t7-,8+,10-/m0/s1. The lowest BCUT2D eigenvalue weighted by molar-refractivity contribution is -0.113. The molecule has 0 N–H and O–H groups in total. The van der Waals surface area contributed by atoms with Crippen LogP contribution < -0.4 is 0 Å². The van der Waals surface area contributed by atoms with Gasteiger partial charge < -0.3 is 0 Å². The van der Waals surface area contributed by atoms with Gasteiger partial charge in [0.2, 0.25) is 5.24 Å². The van der Waals surface area contributed by atoms with Crippen LogP contribution >= 0.6 is 11.6 Å². The Morgan fingerprint density at radius 3 is 2.92 bits per heavy atom. The van der Waals surface area contributed by atoms with Gasteiger partial charge in [0.15, 0.2) is 0 Å². The second-order valence-electron chi connectivity index (χ2n) is 4.33.